The first kappa shape index (κ1) is 14.5. The van der Waals surface area contributed by atoms with E-state index in [2.05, 4.69) is 10.0 Å². The Morgan fingerprint density at radius 2 is 2.25 bits per heavy atom. The molecule has 20 heavy (non-hydrogen) atoms. The van der Waals surface area contributed by atoms with Crippen LogP contribution in [0.15, 0.2) is 10.3 Å². The van der Waals surface area contributed by atoms with E-state index in [4.69, 9.17) is 4.74 Å². The fourth-order valence-electron chi connectivity index (χ4n) is 3.15. The second-order valence-corrected chi connectivity index (χ2v) is 8.15. The van der Waals surface area contributed by atoms with Crippen LogP contribution in [-0.2, 0) is 21.3 Å². The van der Waals surface area contributed by atoms with Crippen molar-refractivity contribution in [2.24, 2.45) is 0 Å². The molecule has 0 spiro atoms. The van der Waals surface area contributed by atoms with Crippen molar-refractivity contribution in [1.29, 1.82) is 0 Å². The van der Waals surface area contributed by atoms with Crippen molar-refractivity contribution in [2.75, 3.05) is 7.05 Å². The van der Waals surface area contributed by atoms with E-state index in [0.29, 0.717) is 11.4 Å². The van der Waals surface area contributed by atoms with E-state index >= 15 is 0 Å². The molecule has 5 nitrogen and oxygen atoms in total. The topological polar surface area (TPSA) is 67.4 Å². The molecule has 2 saturated heterocycles. The molecule has 112 valence electrons. The lowest BCUT2D eigenvalue weighted by Gasteiger charge is -2.20. The van der Waals surface area contributed by atoms with Gasteiger partial charge >= 0.3 is 0 Å². The molecule has 0 radical (unpaired) electrons. The Balaban J connectivity index is 1.83. The maximum atomic E-state index is 12.7. The van der Waals surface area contributed by atoms with E-state index in [-0.39, 0.29) is 18.2 Å². The Labute approximate surface area is 123 Å². The lowest BCUT2D eigenvalue weighted by atomic mass is 9.96. The van der Waals surface area contributed by atoms with Crippen molar-refractivity contribution in [2.45, 2.75) is 55.9 Å². The van der Waals surface area contributed by atoms with Crippen molar-refractivity contribution in [3.05, 3.63) is 15.8 Å². The van der Waals surface area contributed by atoms with Gasteiger partial charge in [-0.05, 0) is 44.2 Å². The predicted molar refractivity (Wildman–Crippen MR) is 78.4 cm³/mol. The monoisotopic (exact) mass is 316 g/mol. The van der Waals surface area contributed by atoms with Crippen molar-refractivity contribution in [3.8, 4) is 0 Å². The van der Waals surface area contributed by atoms with Gasteiger partial charge in [-0.1, -0.05) is 0 Å². The Hall–Kier alpha value is -0.470. The first-order valence-electron chi connectivity index (χ1n) is 6.90. The van der Waals surface area contributed by atoms with Crippen molar-refractivity contribution in [3.63, 3.8) is 0 Å². The fourth-order valence-corrected chi connectivity index (χ4v) is 6.25. The average Bonchev–Trinajstić information content (AvgIpc) is 3.05. The standard InChI is InChI=1S/C13H20N2O3S2/c1-8-7-19-12(6-14-2)13(8)20(16,17)15-10-5-9-3-4-11(10)18-9/h7,9-11,14-15H,3-6H2,1-2H3. The minimum atomic E-state index is -3.47. The fraction of sp³-hybridized carbons (Fsp3) is 0.692. The number of aryl methyl sites for hydroxylation is 1. The number of ether oxygens (including phenoxy) is 1. The highest BCUT2D eigenvalue weighted by Gasteiger charge is 2.43. The number of fused-ring (bicyclic) bond motifs is 2. The molecule has 0 amide bonds. The van der Waals surface area contributed by atoms with Crippen LogP contribution in [0.4, 0.5) is 0 Å². The predicted octanol–water partition coefficient (Wildman–Crippen LogP) is 1.37. The van der Waals surface area contributed by atoms with Crippen molar-refractivity contribution in [1.82, 2.24) is 10.0 Å². The molecule has 3 atom stereocenters. The van der Waals surface area contributed by atoms with Gasteiger partial charge in [0.2, 0.25) is 10.0 Å². The van der Waals surface area contributed by atoms with Crippen LogP contribution < -0.4 is 10.0 Å². The third-order valence-electron chi connectivity index (χ3n) is 4.01. The minimum absolute atomic E-state index is 0.0569. The smallest absolute Gasteiger partial charge is 0.242 e. The highest BCUT2D eigenvalue weighted by molar-refractivity contribution is 7.89. The van der Waals surface area contributed by atoms with Gasteiger partial charge < -0.3 is 10.1 Å². The molecule has 2 aliphatic heterocycles. The summed E-state index contributed by atoms with van der Waals surface area (Å²) >= 11 is 1.49. The Morgan fingerprint density at radius 1 is 1.45 bits per heavy atom. The van der Waals surface area contributed by atoms with Crippen LogP contribution in [0.25, 0.3) is 0 Å². The quantitative estimate of drug-likeness (QED) is 0.861. The van der Waals surface area contributed by atoms with Gasteiger partial charge in [-0.3, -0.25) is 0 Å². The lowest BCUT2D eigenvalue weighted by Crippen LogP contribution is -2.41. The van der Waals surface area contributed by atoms with Gasteiger partial charge in [-0.25, -0.2) is 13.1 Å². The zero-order valence-corrected chi connectivity index (χ0v) is 13.3. The number of nitrogens with one attached hydrogen (secondary N) is 2. The summed E-state index contributed by atoms with van der Waals surface area (Å²) in [5, 5.41) is 4.93. The molecule has 1 aromatic rings. The molecular formula is C13H20N2O3S2. The number of hydrogen-bond donors (Lipinski definition) is 2. The molecule has 0 aliphatic carbocycles. The van der Waals surface area contributed by atoms with Crippen LogP contribution in [0.3, 0.4) is 0 Å². The molecule has 2 bridgehead atoms. The molecule has 0 aromatic carbocycles. The van der Waals surface area contributed by atoms with Crippen molar-refractivity contribution < 1.29 is 13.2 Å². The molecule has 3 heterocycles. The Kier molecular flexibility index (Phi) is 3.89. The van der Waals surface area contributed by atoms with Crippen LogP contribution in [0.5, 0.6) is 0 Å². The molecule has 7 heteroatoms. The largest absolute Gasteiger partial charge is 0.373 e. The third-order valence-corrected chi connectivity index (χ3v) is 6.96. The number of sulfonamides is 1. The van der Waals surface area contributed by atoms with Crippen LogP contribution in [0.1, 0.15) is 29.7 Å². The van der Waals surface area contributed by atoms with Gasteiger partial charge in [0.15, 0.2) is 0 Å². The second-order valence-electron chi connectivity index (χ2n) is 5.54. The van der Waals surface area contributed by atoms with Crippen LogP contribution in [0.2, 0.25) is 0 Å². The highest BCUT2D eigenvalue weighted by Crippen LogP contribution is 2.36. The normalized spacial score (nSPS) is 29.2. The van der Waals surface area contributed by atoms with Crippen molar-refractivity contribution >= 4 is 21.4 Å². The molecule has 3 rings (SSSR count). The Bertz CT molecular complexity index is 597. The van der Waals surface area contributed by atoms with E-state index in [1.165, 1.54) is 11.3 Å². The SMILES string of the molecule is CNCc1scc(C)c1S(=O)(=O)NC1CC2CCC1O2. The summed E-state index contributed by atoms with van der Waals surface area (Å²) < 4.78 is 33.9. The van der Waals surface area contributed by atoms with Crippen LogP contribution >= 0.6 is 11.3 Å². The zero-order chi connectivity index (χ0) is 14.3. The lowest BCUT2D eigenvalue weighted by molar-refractivity contribution is 0.0996. The van der Waals surface area contributed by atoms with E-state index in [9.17, 15) is 8.42 Å². The zero-order valence-electron chi connectivity index (χ0n) is 11.7. The highest BCUT2D eigenvalue weighted by atomic mass is 32.2. The van der Waals surface area contributed by atoms with Crippen LogP contribution in [-0.4, -0.2) is 33.7 Å². The summed E-state index contributed by atoms with van der Waals surface area (Å²) in [7, 11) is -1.64. The van der Waals surface area contributed by atoms with Crippen LogP contribution in [0, 0.1) is 6.92 Å². The molecule has 2 N–H and O–H groups in total. The van der Waals surface area contributed by atoms with E-state index in [0.717, 1.165) is 29.7 Å². The van der Waals surface area contributed by atoms with Gasteiger partial charge in [0.05, 0.1) is 18.2 Å². The second kappa shape index (κ2) is 5.38. The maximum absolute atomic E-state index is 12.7. The number of thiophene rings is 1. The molecular weight excluding hydrogens is 296 g/mol. The summed E-state index contributed by atoms with van der Waals surface area (Å²) in [6.45, 7) is 2.42. The van der Waals surface area contributed by atoms with E-state index in [1.807, 2.05) is 19.4 Å². The molecule has 2 aliphatic rings. The van der Waals surface area contributed by atoms with Gasteiger partial charge in [-0.15, -0.1) is 11.3 Å². The summed E-state index contributed by atoms with van der Waals surface area (Å²) in [5.41, 5.74) is 0.817. The number of hydrogen-bond acceptors (Lipinski definition) is 5. The van der Waals surface area contributed by atoms with E-state index < -0.39 is 10.0 Å². The minimum Gasteiger partial charge on any atom is -0.373 e. The third kappa shape index (κ3) is 2.53. The summed E-state index contributed by atoms with van der Waals surface area (Å²) in [6.07, 6.45) is 3.12. The molecule has 2 fully saturated rings. The van der Waals surface area contributed by atoms with Gasteiger partial charge in [0, 0.05) is 11.4 Å². The van der Waals surface area contributed by atoms with Gasteiger partial charge in [0.25, 0.3) is 0 Å². The van der Waals surface area contributed by atoms with Gasteiger partial charge in [0.1, 0.15) is 4.90 Å². The maximum Gasteiger partial charge on any atom is 0.242 e. The molecule has 1 aromatic heterocycles. The first-order chi connectivity index (χ1) is 9.51. The first-order valence-corrected chi connectivity index (χ1v) is 9.27. The molecule has 0 saturated carbocycles. The molecule has 3 unspecified atom stereocenters. The van der Waals surface area contributed by atoms with E-state index in [1.54, 1.807) is 0 Å². The summed E-state index contributed by atoms with van der Waals surface area (Å²) in [5.74, 6) is 0. The van der Waals surface area contributed by atoms with Gasteiger partial charge in [-0.2, -0.15) is 0 Å². The summed E-state index contributed by atoms with van der Waals surface area (Å²) in [6, 6.07) is -0.0690. The number of rotatable bonds is 5. The Morgan fingerprint density at radius 3 is 2.85 bits per heavy atom. The average molecular weight is 316 g/mol. The summed E-state index contributed by atoms with van der Waals surface area (Å²) in [4.78, 5) is 1.31.